The van der Waals surface area contributed by atoms with Crippen molar-refractivity contribution in [1.29, 1.82) is 0 Å². The van der Waals surface area contributed by atoms with Crippen molar-refractivity contribution in [1.82, 2.24) is 0 Å². The first-order chi connectivity index (χ1) is 7.59. The number of hydrogen-bond donors (Lipinski definition) is 0. The predicted octanol–water partition coefficient (Wildman–Crippen LogP) is 5.33. The lowest BCUT2D eigenvalue weighted by Crippen LogP contribution is -1.90. The first-order valence-corrected chi connectivity index (χ1v) is 6.90. The van der Waals surface area contributed by atoms with Crippen LogP contribution in [0.1, 0.15) is 20.8 Å². The lowest BCUT2D eigenvalue weighted by atomic mass is 10.1. The van der Waals surface area contributed by atoms with E-state index in [0.29, 0.717) is 0 Å². The van der Waals surface area contributed by atoms with Crippen molar-refractivity contribution in [2.45, 2.75) is 11.8 Å². The van der Waals surface area contributed by atoms with Crippen LogP contribution in [0.4, 0.5) is 4.39 Å². The fourth-order valence-electron chi connectivity index (χ4n) is 1.40. The molecule has 1 atom stereocenters. The van der Waals surface area contributed by atoms with Gasteiger partial charge in [-0.3, -0.25) is 0 Å². The molecule has 2 rings (SSSR count). The van der Waals surface area contributed by atoms with Crippen LogP contribution in [-0.2, 0) is 0 Å². The molecule has 0 amide bonds. The molecule has 2 aromatic rings. The van der Waals surface area contributed by atoms with E-state index >= 15 is 0 Å². The maximum absolute atomic E-state index is 12.8. The summed E-state index contributed by atoms with van der Waals surface area (Å²) in [6.45, 7) is 1.98. The summed E-state index contributed by atoms with van der Waals surface area (Å²) >= 11 is 11.4. The van der Waals surface area contributed by atoms with Gasteiger partial charge in [-0.1, -0.05) is 39.7 Å². The third-order valence-corrected chi connectivity index (χ3v) is 5.39. The Morgan fingerprint density at radius 3 is 2.44 bits per heavy atom. The predicted molar refractivity (Wildman–Crippen MR) is 71.2 cm³/mol. The fourth-order valence-corrected chi connectivity index (χ4v) is 3.70. The van der Waals surface area contributed by atoms with Gasteiger partial charge in [0.2, 0.25) is 0 Å². The molecule has 0 spiro atoms. The van der Waals surface area contributed by atoms with Gasteiger partial charge in [-0.25, -0.2) is 4.39 Å². The number of hydrogen-bond acceptors (Lipinski definition) is 1. The molecule has 0 nitrogen and oxygen atoms in total. The normalized spacial score (nSPS) is 12.8. The topological polar surface area (TPSA) is 0 Å². The van der Waals surface area contributed by atoms with E-state index in [1.807, 2.05) is 12.3 Å². The first-order valence-electron chi connectivity index (χ1n) is 4.72. The van der Waals surface area contributed by atoms with Crippen LogP contribution in [0.5, 0.6) is 0 Å². The summed E-state index contributed by atoms with van der Waals surface area (Å²) in [5.74, 6) is -0.225. The average molecular weight is 320 g/mol. The van der Waals surface area contributed by atoms with E-state index in [1.54, 1.807) is 23.5 Å². The lowest BCUT2D eigenvalue weighted by Gasteiger charge is -2.08. The van der Waals surface area contributed by atoms with E-state index in [1.165, 1.54) is 12.1 Å². The Bertz CT molecular complexity index is 492. The highest BCUT2D eigenvalue weighted by molar-refractivity contribution is 9.09. The summed E-state index contributed by atoms with van der Waals surface area (Å²) in [5.41, 5.74) is 2.08. The van der Waals surface area contributed by atoms with E-state index in [0.717, 1.165) is 21.0 Å². The lowest BCUT2D eigenvalue weighted by molar-refractivity contribution is 0.627. The van der Waals surface area contributed by atoms with Gasteiger partial charge in [0.1, 0.15) is 5.82 Å². The van der Waals surface area contributed by atoms with Crippen molar-refractivity contribution in [2.24, 2.45) is 0 Å². The molecule has 0 fully saturated rings. The van der Waals surface area contributed by atoms with Gasteiger partial charge < -0.3 is 0 Å². The molecule has 0 aliphatic carbocycles. The summed E-state index contributed by atoms with van der Waals surface area (Å²) in [6.07, 6.45) is 0. The number of halogens is 3. The van der Waals surface area contributed by atoms with Crippen LogP contribution in [0.25, 0.3) is 0 Å². The molecule has 0 saturated heterocycles. The molecule has 1 aromatic heterocycles. The summed E-state index contributed by atoms with van der Waals surface area (Å²) in [7, 11) is 0. The van der Waals surface area contributed by atoms with Gasteiger partial charge in [0, 0.05) is 4.88 Å². The molecule has 4 heteroatoms. The summed E-state index contributed by atoms with van der Waals surface area (Å²) in [6, 6.07) is 6.44. The van der Waals surface area contributed by atoms with Crippen LogP contribution in [0.3, 0.4) is 0 Å². The van der Waals surface area contributed by atoms with Gasteiger partial charge in [-0.15, -0.1) is 11.3 Å². The average Bonchev–Trinajstić information content (AvgIpc) is 2.60. The summed E-state index contributed by atoms with van der Waals surface area (Å²) in [4.78, 5) is 1.09. The third kappa shape index (κ3) is 2.31. The number of alkyl halides is 1. The van der Waals surface area contributed by atoms with Crippen molar-refractivity contribution >= 4 is 38.9 Å². The van der Waals surface area contributed by atoms with Gasteiger partial charge in [0.25, 0.3) is 0 Å². The maximum atomic E-state index is 12.8. The highest BCUT2D eigenvalue weighted by Crippen LogP contribution is 2.40. The molecule has 0 N–H and O–H groups in total. The Morgan fingerprint density at radius 1 is 1.31 bits per heavy atom. The number of rotatable bonds is 2. The number of thiophene rings is 1. The molecule has 0 bridgehead atoms. The Labute approximate surface area is 111 Å². The minimum atomic E-state index is -0.225. The maximum Gasteiger partial charge on any atom is 0.123 e. The minimum absolute atomic E-state index is 0.0271. The Balaban J connectivity index is 2.35. The molecular formula is C12H9BrClFS. The third-order valence-electron chi connectivity index (χ3n) is 2.32. The van der Waals surface area contributed by atoms with Crippen LogP contribution >= 0.6 is 38.9 Å². The second-order valence-corrected chi connectivity index (χ2v) is 5.72. The van der Waals surface area contributed by atoms with Crippen molar-refractivity contribution in [3.8, 4) is 0 Å². The molecule has 84 valence electrons. The largest absolute Gasteiger partial charge is 0.207 e. The smallest absolute Gasteiger partial charge is 0.123 e. The molecule has 1 aromatic carbocycles. The van der Waals surface area contributed by atoms with Crippen LogP contribution in [0.2, 0.25) is 5.02 Å². The SMILES string of the molecule is Cc1csc(C(Br)c2ccc(F)cc2)c1Cl. The standard InChI is InChI=1S/C12H9BrClFS/c1-7-6-16-12(11(7)14)10(13)8-2-4-9(15)5-3-8/h2-6,10H,1H3. The molecule has 1 unspecified atom stereocenters. The second-order valence-electron chi connectivity index (χ2n) is 3.51. The van der Waals surface area contributed by atoms with Crippen molar-refractivity contribution < 1.29 is 4.39 Å². The Morgan fingerprint density at radius 2 is 1.94 bits per heavy atom. The minimum Gasteiger partial charge on any atom is -0.207 e. The zero-order valence-corrected chi connectivity index (χ0v) is 11.7. The van der Waals surface area contributed by atoms with E-state index in [9.17, 15) is 4.39 Å². The number of benzene rings is 1. The Hall–Kier alpha value is -0.380. The van der Waals surface area contributed by atoms with Gasteiger partial charge in [0.15, 0.2) is 0 Å². The van der Waals surface area contributed by atoms with Gasteiger partial charge in [-0.05, 0) is 35.6 Å². The molecule has 0 radical (unpaired) electrons. The molecule has 0 aliphatic rings. The van der Waals surface area contributed by atoms with Gasteiger partial charge in [-0.2, -0.15) is 0 Å². The summed E-state index contributed by atoms with van der Waals surface area (Å²) in [5, 5.41) is 2.81. The van der Waals surface area contributed by atoms with Crippen LogP contribution in [0, 0.1) is 12.7 Å². The molecule has 1 heterocycles. The quantitative estimate of drug-likeness (QED) is 0.656. The molecule has 0 saturated carbocycles. The zero-order chi connectivity index (χ0) is 11.7. The molecule has 16 heavy (non-hydrogen) atoms. The van der Waals surface area contributed by atoms with E-state index in [2.05, 4.69) is 15.9 Å². The van der Waals surface area contributed by atoms with E-state index in [-0.39, 0.29) is 10.6 Å². The van der Waals surface area contributed by atoms with Crippen molar-refractivity contribution in [3.63, 3.8) is 0 Å². The van der Waals surface area contributed by atoms with Crippen molar-refractivity contribution in [3.05, 3.63) is 56.5 Å². The van der Waals surface area contributed by atoms with Crippen molar-refractivity contribution in [2.75, 3.05) is 0 Å². The fraction of sp³-hybridized carbons (Fsp3) is 0.167. The van der Waals surface area contributed by atoms with Crippen LogP contribution in [-0.4, -0.2) is 0 Å². The van der Waals surface area contributed by atoms with E-state index in [4.69, 9.17) is 11.6 Å². The van der Waals surface area contributed by atoms with Crippen LogP contribution < -0.4 is 0 Å². The monoisotopic (exact) mass is 318 g/mol. The number of aryl methyl sites for hydroxylation is 1. The zero-order valence-electron chi connectivity index (χ0n) is 8.51. The first kappa shape index (κ1) is 12.1. The van der Waals surface area contributed by atoms with Gasteiger partial charge in [0.05, 0.1) is 9.85 Å². The molecular weight excluding hydrogens is 311 g/mol. The second kappa shape index (κ2) is 4.86. The van der Waals surface area contributed by atoms with E-state index < -0.39 is 0 Å². The van der Waals surface area contributed by atoms with Gasteiger partial charge >= 0.3 is 0 Å². The molecule has 0 aliphatic heterocycles. The summed E-state index contributed by atoms with van der Waals surface area (Å²) < 4.78 is 12.8. The Kier molecular flexibility index (Phi) is 3.67. The highest BCUT2D eigenvalue weighted by Gasteiger charge is 2.16. The van der Waals surface area contributed by atoms with Crippen LogP contribution in [0.15, 0.2) is 29.6 Å². The highest BCUT2D eigenvalue weighted by atomic mass is 79.9.